The minimum atomic E-state index is -0.652. The fourth-order valence-corrected chi connectivity index (χ4v) is 2.27. The van der Waals surface area contributed by atoms with Gasteiger partial charge in [0.2, 0.25) is 5.88 Å². The smallest absolute Gasteiger partial charge is 0.212 e. The molecule has 2 aromatic rings. The van der Waals surface area contributed by atoms with Crippen molar-refractivity contribution >= 4 is 15.9 Å². The molecule has 0 spiro atoms. The van der Waals surface area contributed by atoms with Crippen LogP contribution in [0.15, 0.2) is 41.0 Å². The van der Waals surface area contributed by atoms with Gasteiger partial charge in [0.15, 0.2) is 0 Å². The van der Waals surface area contributed by atoms with Gasteiger partial charge in [-0.3, -0.25) is 0 Å². The number of hydrogen-bond acceptors (Lipinski definition) is 3. The Morgan fingerprint density at radius 1 is 1.30 bits per heavy atom. The molecule has 3 nitrogen and oxygen atoms in total. The van der Waals surface area contributed by atoms with Crippen molar-refractivity contribution in [1.29, 1.82) is 0 Å². The Balaban J connectivity index is 1.99. The predicted molar refractivity (Wildman–Crippen MR) is 78.3 cm³/mol. The van der Waals surface area contributed by atoms with Crippen LogP contribution >= 0.6 is 15.9 Å². The molecular weight excluding hydrogens is 325 g/mol. The molecule has 0 aliphatic rings. The average Bonchev–Trinajstić information content (AvgIpc) is 2.43. The summed E-state index contributed by atoms with van der Waals surface area (Å²) < 4.78 is 19.3. The van der Waals surface area contributed by atoms with Crippen molar-refractivity contribution in [3.63, 3.8) is 0 Å². The Hall–Kier alpha value is -1.46. The molecule has 1 atom stereocenters. The maximum absolute atomic E-state index is 13.7. The Bertz CT molecular complexity index is 575. The molecule has 5 heteroatoms. The van der Waals surface area contributed by atoms with Crippen molar-refractivity contribution in [2.24, 2.45) is 0 Å². The first-order chi connectivity index (χ1) is 9.58. The molecule has 2 rings (SSSR count). The highest BCUT2D eigenvalue weighted by Crippen LogP contribution is 2.18. The Morgan fingerprint density at radius 2 is 2.10 bits per heavy atom. The number of aliphatic hydroxyl groups is 1. The second-order valence-electron chi connectivity index (χ2n) is 4.51. The van der Waals surface area contributed by atoms with Crippen LogP contribution in [0.2, 0.25) is 0 Å². The molecule has 0 amide bonds. The Labute approximate surface area is 125 Å². The lowest BCUT2D eigenvalue weighted by Gasteiger charge is -2.11. The van der Waals surface area contributed by atoms with Crippen LogP contribution < -0.4 is 4.74 Å². The lowest BCUT2D eigenvalue weighted by molar-refractivity contribution is 0.174. The number of aromatic nitrogens is 1. The maximum atomic E-state index is 13.7. The number of pyridine rings is 1. The van der Waals surface area contributed by atoms with Gasteiger partial charge in [-0.1, -0.05) is 28.1 Å². The van der Waals surface area contributed by atoms with E-state index in [1.54, 1.807) is 31.5 Å². The first-order valence-electron chi connectivity index (χ1n) is 6.19. The summed E-state index contributed by atoms with van der Waals surface area (Å²) in [7, 11) is 1.55. The van der Waals surface area contributed by atoms with Gasteiger partial charge in [-0.15, -0.1) is 0 Å². The zero-order valence-corrected chi connectivity index (χ0v) is 12.6. The molecule has 20 heavy (non-hydrogen) atoms. The zero-order valence-electron chi connectivity index (χ0n) is 11.0. The molecule has 0 saturated carbocycles. The van der Waals surface area contributed by atoms with Crippen LogP contribution in [0.25, 0.3) is 0 Å². The summed E-state index contributed by atoms with van der Waals surface area (Å²) in [6.45, 7) is 0. The summed E-state index contributed by atoms with van der Waals surface area (Å²) in [6.07, 6.45) is 1.69. The lowest BCUT2D eigenvalue weighted by Crippen LogP contribution is -2.15. The first-order valence-corrected chi connectivity index (χ1v) is 6.98. The largest absolute Gasteiger partial charge is 0.481 e. The molecule has 1 N–H and O–H groups in total. The van der Waals surface area contributed by atoms with E-state index in [1.165, 1.54) is 6.07 Å². The molecule has 1 aromatic carbocycles. The quantitative estimate of drug-likeness (QED) is 0.909. The van der Waals surface area contributed by atoms with E-state index in [2.05, 4.69) is 20.9 Å². The monoisotopic (exact) mass is 339 g/mol. The Morgan fingerprint density at radius 3 is 2.70 bits per heavy atom. The van der Waals surface area contributed by atoms with Crippen molar-refractivity contribution in [2.75, 3.05) is 7.11 Å². The van der Waals surface area contributed by atoms with Crippen LogP contribution in [0, 0.1) is 5.82 Å². The fraction of sp³-hybridized carbons (Fsp3) is 0.267. The molecular formula is C15H15BrFNO2. The molecule has 1 aromatic heterocycles. The second-order valence-corrected chi connectivity index (χ2v) is 5.42. The van der Waals surface area contributed by atoms with Gasteiger partial charge in [0, 0.05) is 29.6 Å². The number of rotatable bonds is 5. The molecule has 0 saturated heterocycles. The van der Waals surface area contributed by atoms with Crippen molar-refractivity contribution < 1.29 is 14.2 Å². The number of ether oxygens (including phenoxy) is 1. The van der Waals surface area contributed by atoms with Crippen LogP contribution in [0.1, 0.15) is 11.1 Å². The van der Waals surface area contributed by atoms with E-state index in [1.807, 2.05) is 6.07 Å². The second kappa shape index (κ2) is 6.81. The minimum absolute atomic E-state index is 0.269. The van der Waals surface area contributed by atoms with E-state index in [-0.39, 0.29) is 12.2 Å². The third-order valence-electron chi connectivity index (χ3n) is 2.95. The number of methoxy groups -OCH3 is 1. The predicted octanol–water partition coefficient (Wildman–Crippen LogP) is 3.14. The molecule has 0 aliphatic heterocycles. The third-order valence-corrected chi connectivity index (χ3v) is 3.44. The normalized spacial score (nSPS) is 12.2. The van der Waals surface area contributed by atoms with E-state index in [0.717, 1.165) is 5.56 Å². The summed E-state index contributed by atoms with van der Waals surface area (Å²) >= 11 is 3.21. The van der Waals surface area contributed by atoms with Crippen molar-refractivity contribution in [1.82, 2.24) is 4.98 Å². The summed E-state index contributed by atoms with van der Waals surface area (Å²) in [5.41, 5.74) is 1.39. The SMILES string of the molecule is COc1ccc(CC(O)Cc2ccc(Br)cc2F)cn1. The molecule has 1 heterocycles. The topological polar surface area (TPSA) is 42.4 Å². The Kier molecular flexibility index (Phi) is 5.09. The molecule has 0 fully saturated rings. The standard InChI is InChI=1S/C15H15BrFNO2/c1-20-15-5-2-10(9-18-15)6-13(19)7-11-3-4-12(16)8-14(11)17/h2-5,8-9,13,19H,6-7H2,1H3. The number of aliphatic hydroxyl groups excluding tert-OH is 1. The van der Waals surface area contributed by atoms with E-state index < -0.39 is 6.10 Å². The van der Waals surface area contributed by atoms with Gasteiger partial charge in [0.25, 0.3) is 0 Å². The molecule has 0 radical (unpaired) electrons. The lowest BCUT2D eigenvalue weighted by atomic mass is 10.0. The highest BCUT2D eigenvalue weighted by molar-refractivity contribution is 9.10. The van der Waals surface area contributed by atoms with E-state index in [0.29, 0.717) is 22.3 Å². The van der Waals surface area contributed by atoms with Crippen molar-refractivity contribution in [3.05, 3.63) is 57.9 Å². The third kappa shape index (κ3) is 4.02. The van der Waals surface area contributed by atoms with Gasteiger partial charge in [0.05, 0.1) is 13.2 Å². The molecule has 106 valence electrons. The number of halogens is 2. The highest BCUT2D eigenvalue weighted by Gasteiger charge is 2.11. The van der Waals surface area contributed by atoms with Gasteiger partial charge < -0.3 is 9.84 Å². The van der Waals surface area contributed by atoms with Gasteiger partial charge in [-0.05, 0) is 23.3 Å². The summed E-state index contributed by atoms with van der Waals surface area (Å²) in [5, 5.41) is 10.0. The number of benzene rings is 1. The van der Waals surface area contributed by atoms with Crippen LogP contribution in [-0.2, 0) is 12.8 Å². The van der Waals surface area contributed by atoms with Crippen LogP contribution in [0.5, 0.6) is 5.88 Å². The molecule has 1 unspecified atom stereocenters. The van der Waals surface area contributed by atoms with Gasteiger partial charge in [-0.25, -0.2) is 9.37 Å². The van der Waals surface area contributed by atoms with Crippen LogP contribution in [-0.4, -0.2) is 23.3 Å². The minimum Gasteiger partial charge on any atom is -0.481 e. The van der Waals surface area contributed by atoms with E-state index >= 15 is 0 Å². The number of hydrogen-bond donors (Lipinski definition) is 1. The van der Waals surface area contributed by atoms with Crippen molar-refractivity contribution in [3.8, 4) is 5.88 Å². The van der Waals surface area contributed by atoms with Gasteiger partial charge in [-0.2, -0.15) is 0 Å². The summed E-state index contributed by atoms with van der Waals surface area (Å²) in [6, 6.07) is 8.42. The highest BCUT2D eigenvalue weighted by atomic mass is 79.9. The average molecular weight is 340 g/mol. The fourth-order valence-electron chi connectivity index (χ4n) is 1.94. The molecule has 0 aliphatic carbocycles. The van der Waals surface area contributed by atoms with Crippen LogP contribution in [0.3, 0.4) is 0 Å². The summed E-state index contributed by atoms with van der Waals surface area (Å²) in [4.78, 5) is 4.07. The van der Waals surface area contributed by atoms with E-state index in [9.17, 15) is 9.50 Å². The molecule has 0 bridgehead atoms. The maximum Gasteiger partial charge on any atom is 0.212 e. The van der Waals surface area contributed by atoms with Gasteiger partial charge >= 0.3 is 0 Å². The van der Waals surface area contributed by atoms with Crippen molar-refractivity contribution in [2.45, 2.75) is 18.9 Å². The first kappa shape index (κ1) is 14.9. The van der Waals surface area contributed by atoms with E-state index in [4.69, 9.17) is 4.74 Å². The van der Waals surface area contributed by atoms with Gasteiger partial charge in [0.1, 0.15) is 5.82 Å². The van der Waals surface area contributed by atoms with Crippen LogP contribution in [0.4, 0.5) is 4.39 Å². The summed E-state index contributed by atoms with van der Waals surface area (Å²) in [5.74, 6) is 0.216. The zero-order chi connectivity index (χ0) is 14.5. The number of nitrogens with zero attached hydrogens (tertiary/aromatic N) is 1.